The van der Waals surface area contributed by atoms with Crippen LogP contribution in [-0.4, -0.2) is 33.0 Å². The van der Waals surface area contributed by atoms with E-state index in [-0.39, 0.29) is 23.8 Å². The molecule has 1 aromatic rings. The Hall–Kier alpha value is -0.900. The van der Waals surface area contributed by atoms with E-state index in [1.807, 2.05) is 0 Å². The molecule has 0 aliphatic carbocycles. The number of rotatable bonds is 5. The molecule has 1 saturated heterocycles. The lowest BCUT2D eigenvalue weighted by Crippen LogP contribution is -2.27. The number of pyridine rings is 1. The highest BCUT2D eigenvalue weighted by Gasteiger charge is 2.32. The zero-order valence-corrected chi connectivity index (χ0v) is 13.2. The number of nitrogens with zero attached hydrogens (tertiary/aromatic N) is 1. The lowest BCUT2D eigenvalue weighted by Gasteiger charge is -2.10. The van der Waals surface area contributed by atoms with Crippen molar-refractivity contribution in [3.05, 3.63) is 24.0 Å². The average Bonchev–Trinajstić information content (AvgIpc) is 2.91. The molecule has 5 nitrogen and oxygen atoms in total. The first-order chi connectivity index (χ1) is 9.79. The van der Waals surface area contributed by atoms with E-state index in [1.165, 1.54) is 0 Å². The molecule has 1 atom stereocenters. The molecule has 0 amide bonds. The summed E-state index contributed by atoms with van der Waals surface area (Å²) in [6.45, 7) is 2.06. The highest BCUT2D eigenvalue weighted by atomic mass is 35.5. The number of alkyl halides is 3. The maximum atomic E-state index is 12.4. The van der Waals surface area contributed by atoms with Gasteiger partial charge in [-0.1, -0.05) is 0 Å². The summed E-state index contributed by atoms with van der Waals surface area (Å²) in [7, 11) is -3.81. The van der Waals surface area contributed by atoms with E-state index in [2.05, 4.69) is 15.0 Å². The van der Waals surface area contributed by atoms with Gasteiger partial charge >= 0.3 is 6.18 Å². The Morgan fingerprint density at radius 2 is 2.09 bits per heavy atom. The van der Waals surface area contributed by atoms with Crippen molar-refractivity contribution >= 4 is 22.4 Å². The molecule has 0 aromatic carbocycles. The van der Waals surface area contributed by atoms with Crippen LogP contribution in [0.5, 0.6) is 0 Å². The fraction of sp³-hybridized carbons (Fsp3) is 0.583. The van der Waals surface area contributed by atoms with Gasteiger partial charge in [0.1, 0.15) is 10.6 Å². The zero-order valence-electron chi connectivity index (χ0n) is 11.6. The Bertz CT molecular complexity index is 572. The maximum absolute atomic E-state index is 12.4. The molecule has 1 aliphatic heterocycles. The van der Waals surface area contributed by atoms with Gasteiger partial charge in [-0.25, -0.2) is 13.1 Å². The molecule has 1 unspecified atom stereocenters. The van der Waals surface area contributed by atoms with Crippen molar-refractivity contribution in [3.63, 3.8) is 0 Å². The lowest BCUT2D eigenvalue weighted by atomic mass is 10.1. The van der Waals surface area contributed by atoms with Crippen molar-refractivity contribution in [2.75, 3.05) is 19.6 Å². The SMILES string of the molecule is Cl.O=S(=O)(NCCC1CCNC1)c1ccc(C(F)(F)F)nc1. The van der Waals surface area contributed by atoms with Gasteiger partial charge in [0.25, 0.3) is 0 Å². The maximum Gasteiger partial charge on any atom is 0.433 e. The van der Waals surface area contributed by atoms with Crippen LogP contribution in [0.1, 0.15) is 18.5 Å². The molecule has 10 heteroatoms. The summed E-state index contributed by atoms with van der Waals surface area (Å²) in [6.07, 6.45) is -2.16. The van der Waals surface area contributed by atoms with Crippen LogP contribution in [0, 0.1) is 5.92 Å². The first-order valence-corrected chi connectivity index (χ1v) is 8.01. The Morgan fingerprint density at radius 3 is 2.59 bits per heavy atom. The number of hydrogen-bond donors (Lipinski definition) is 2. The van der Waals surface area contributed by atoms with Gasteiger partial charge in [-0.05, 0) is 44.0 Å². The molecular formula is C12H17ClF3N3O2S. The smallest absolute Gasteiger partial charge is 0.316 e. The molecule has 0 radical (unpaired) electrons. The first kappa shape index (κ1) is 19.1. The van der Waals surface area contributed by atoms with E-state index < -0.39 is 21.9 Å². The van der Waals surface area contributed by atoms with Crippen molar-refractivity contribution in [1.82, 2.24) is 15.0 Å². The van der Waals surface area contributed by atoms with Crippen LogP contribution in [0.2, 0.25) is 0 Å². The van der Waals surface area contributed by atoms with Crippen molar-refractivity contribution in [2.45, 2.75) is 23.9 Å². The molecule has 1 fully saturated rings. The monoisotopic (exact) mass is 359 g/mol. The molecule has 1 aliphatic rings. The number of halogens is 4. The normalized spacial score (nSPS) is 19.0. The van der Waals surface area contributed by atoms with Gasteiger partial charge in [0.2, 0.25) is 10.0 Å². The van der Waals surface area contributed by atoms with Crippen LogP contribution >= 0.6 is 12.4 Å². The Balaban J connectivity index is 0.00000242. The fourth-order valence-electron chi connectivity index (χ4n) is 2.15. The van der Waals surface area contributed by atoms with Gasteiger partial charge in [-0.3, -0.25) is 4.98 Å². The Morgan fingerprint density at radius 1 is 1.36 bits per heavy atom. The molecule has 2 rings (SSSR count). The van der Waals surface area contributed by atoms with Crippen LogP contribution in [0.15, 0.2) is 23.2 Å². The molecule has 0 bridgehead atoms. The largest absolute Gasteiger partial charge is 0.433 e. The van der Waals surface area contributed by atoms with Crippen molar-refractivity contribution < 1.29 is 21.6 Å². The Labute approximate surface area is 133 Å². The second-order valence-electron chi connectivity index (χ2n) is 4.92. The minimum absolute atomic E-state index is 0. The molecule has 0 saturated carbocycles. The molecule has 126 valence electrons. The summed E-state index contributed by atoms with van der Waals surface area (Å²) < 4.78 is 63.3. The van der Waals surface area contributed by atoms with E-state index >= 15 is 0 Å². The van der Waals surface area contributed by atoms with Gasteiger partial charge in [0.15, 0.2) is 0 Å². The molecule has 0 spiro atoms. The van der Waals surface area contributed by atoms with E-state index in [4.69, 9.17) is 0 Å². The van der Waals surface area contributed by atoms with Gasteiger partial charge in [-0.15, -0.1) is 12.4 Å². The summed E-state index contributed by atoms with van der Waals surface area (Å²) >= 11 is 0. The van der Waals surface area contributed by atoms with E-state index in [9.17, 15) is 21.6 Å². The summed E-state index contributed by atoms with van der Waals surface area (Å²) in [5.41, 5.74) is -1.11. The third kappa shape index (κ3) is 5.08. The topological polar surface area (TPSA) is 71.1 Å². The highest BCUT2D eigenvalue weighted by molar-refractivity contribution is 7.89. The lowest BCUT2D eigenvalue weighted by molar-refractivity contribution is -0.141. The third-order valence-corrected chi connectivity index (χ3v) is 4.79. The number of sulfonamides is 1. The molecule has 22 heavy (non-hydrogen) atoms. The molecule has 1 aromatic heterocycles. The predicted molar refractivity (Wildman–Crippen MR) is 77.3 cm³/mol. The minimum Gasteiger partial charge on any atom is -0.316 e. The van der Waals surface area contributed by atoms with Crippen molar-refractivity contribution in [1.29, 1.82) is 0 Å². The highest BCUT2D eigenvalue weighted by Crippen LogP contribution is 2.27. The molecule has 2 N–H and O–H groups in total. The van der Waals surface area contributed by atoms with Crippen LogP contribution in [-0.2, 0) is 16.2 Å². The van der Waals surface area contributed by atoms with Gasteiger partial charge in [-0.2, -0.15) is 13.2 Å². The van der Waals surface area contributed by atoms with E-state index in [0.29, 0.717) is 18.4 Å². The quantitative estimate of drug-likeness (QED) is 0.841. The average molecular weight is 360 g/mol. The molecule has 2 heterocycles. The number of aromatic nitrogens is 1. The number of nitrogens with one attached hydrogen (secondary N) is 2. The summed E-state index contributed by atoms with van der Waals surface area (Å²) in [4.78, 5) is 2.88. The van der Waals surface area contributed by atoms with Crippen LogP contribution in [0.3, 0.4) is 0 Å². The summed E-state index contributed by atoms with van der Waals surface area (Å²) in [5.74, 6) is 0.429. The fourth-order valence-corrected chi connectivity index (χ4v) is 3.14. The standard InChI is InChI=1S/C12H16F3N3O2S.ClH/c13-12(14,15)11-2-1-10(8-17-11)21(19,20)18-6-4-9-3-5-16-7-9;/h1-2,8-9,16,18H,3-7H2;1H. The first-order valence-electron chi connectivity index (χ1n) is 6.53. The second kappa shape index (κ2) is 7.58. The van der Waals surface area contributed by atoms with Gasteiger partial charge in [0.05, 0.1) is 0 Å². The minimum atomic E-state index is -4.58. The van der Waals surface area contributed by atoms with E-state index in [1.54, 1.807) is 0 Å². The van der Waals surface area contributed by atoms with Gasteiger partial charge in [0, 0.05) is 12.7 Å². The van der Waals surface area contributed by atoms with Crippen LogP contribution in [0.25, 0.3) is 0 Å². The predicted octanol–water partition coefficient (Wildman–Crippen LogP) is 1.80. The molecular weight excluding hydrogens is 343 g/mol. The Kier molecular flexibility index (Phi) is 6.60. The van der Waals surface area contributed by atoms with Crippen LogP contribution < -0.4 is 10.0 Å². The van der Waals surface area contributed by atoms with Crippen LogP contribution in [0.4, 0.5) is 13.2 Å². The second-order valence-corrected chi connectivity index (χ2v) is 6.69. The third-order valence-electron chi connectivity index (χ3n) is 3.34. The van der Waals surface area contributed by atoms with Crippen molar-refractivity contribution in [3.8, 4) is 0 Å². The zero-order chi connectivity index (χ0) is 15.5. The van der Waals surface area contributed by atoms with Crippen molar-refractivity contribution in [2.24, 2.45) is 5.92 Å². The van der Waals surface area contributed by atoms with Gasteiger partial charge < -0.3 is 5.32 Å². The number of hydrogen-bond acceptors (Lipinski definition) is 4. The summed E-state index contributed by atoms with van der Waals surface area (Å²) in [5, 5.41) is 3.18. The van der Waals surface area contributed by atoms with E-state index in [0.717, 1.165) is 31.8 Å². The summed E-state index contributed by atoms with van der Waals surface area (Å²) in [6, 6.07) is 1.57.